The van der Waals surface area contributed by atoms with E-state index < -0.39 is 0 Å². The van der Waals surface area contributed by atoms with Gasteiger partial charge in [-0.1, -0.05) is 12.8 Å². The summed E-state index contributed by atoms with van der Waals surface area (Å²) in [5.41, 5.74) is 0.637. The van der Waals surface area contributed by atoms with Crippen LogP contribution in [-0.2, 0) is 0 Å². The summed E-state index contributed by atoms with van der Waals surface area (Å²) in [7, 11) is 0. The van der Waals surface area contributed by atoms with Crippen molar-refractivity contribution in [2.45, 2.75) is 58.5 Å². The molecule has 1 aromatic heterocycles. The largest absolute Gasteiger partial charge is 0.472 e. The Kier molecular flexibility index (Phi) is 3.81. The van der Waals surface area contributed by atoms with Crippen LogP contribution in [0.25, 0.3) is 0 Å². The number of nitrogens with zero attached hydrogens (tertiary/aromatic N) is 3. The van der Waals surface area contributed by atoms with Crippen LogP contribution < -0.4 is 9.64 Å². The average molecular weight is 275 g/mol. The number of ether oxygens (including phenoxy) is 1. The Bertz CT molecular complexity index is 445. The van der Waals surface area contributed by atoms with Crippen molar-refractivity contribution in [2.24, 2.45) is 5.41 Å². The molecule has 1 saturated heterocycles. The minimum atomic E-state index is 0.136. The summed E-state index contributed by atoms with van der Waals surface area (Å²) in [5, 5.41) is 0. The molecular weight excluding hydrogens is 250 g/mol. The summed E-state index contributed by atoms with van der Waals surface area (Å²) in [4.78, 5) is 11.2. The molecule has 1 aliphatic heterocycles. The fourth-order valence-electron chi connectivity index (χ4n) is 3.66. The average Bonchev–Trinajstić information content (AvgIpc) is 2.88. The molecular formula is C16H25N3O. The van der Waals surface area contributed by atoms with Crippen LogP contribution in [0.1, 0.15) is 52.4 Å². The van der Waals surface area contributed by atoms with Gasteiger partial charge in [-0.3, -0.25) is 0 Å². The molecule has 0 radical (unpaired) electrons. The van der Waals surface area contributed by atoms with Crippen LogP contribution in [-0.4, -0.2) is 29.2 Å². The molecule has 1 saturated carbocycles. The Labute approximate surface area is 121 Å². The second kappa shape index (κ2) is 5.58. The van der Waals surface area contributed by atoms with Crippen LogP contribution in [0.5, 0.6) is 5.88 Å². The fraction of sp³-hybridized carbons (Fsp3) is 0.750. The summed E-state index contributed by atoms with van der Waals surface area (Å²) < 4.78 is 5.80. The summed E-state index contributed by atoms with van der Waals surface area (Å²) in [5.74, 6) is 1.61. The highest BCUT2D eigenvalue weighted by atomic mass is 16.5. The lowest BCUT2D eigenvalue weighted by Crippen LogP contribution is -2.39. The van der Waals surface area contributed by atoms with Crippen LogP contribution in [0.3, 0.4) is 0 Å². The molecule has 2 heterocycles. The number of hydrogen-bond donors (Lipinski definition) is 0. The van der Waals surface area contributed by atoms with E-state index in [-0.39, 0.29) is 6.10 Å². The van der Waals surface area contributed by atoms with E-state index in [4.69, 9.17) is 4.74 Å². The smallest absolute Gasteiger partial charge is 0.257 e. The Morgan fingerprint density at radius 3 is 2.35 bits per heavy atom. The highest BCUT2D eigenvalue weighted by Gasteiger charge is 2.37. The van der Waals surface area contributed by atoms with Gasteiger partial charge in [-0.2, -0.15) is 0 Å². The monoisotopic (exact) mass is 275 g/mol. The van der Waals surface area contributed by atoms with Gasteiger partial charge in [0.25, 0.3) is 5.88 Å². The molecule has 20 heavy (non-hydrogen) atoms. The van der Waals surface area contributed by atoms with E-state index >= 15 is 0 Å². The van der Waals surface area contributed by atoms with E-state index in [1.807, 2.05) is 13.8 Å². The highest BCUT2D eigenvalue weighted by molar-refractivity contribution is 5.48. The lowest BCUT2D eigenvalue weighted by molar-refractivity contribution is 0.217. The maximum Gasteiger partial charge on any atom is 0.257 e. The number of anilines is 1. The van der Waals surface area contributed by atoms with Crippen molar-refractivity contribution >= 4 is 5.82 Å². The molecule has 0 aromatic carbocycles. The molecule has 0 unspecified atom stereocenters. The minimum Gasteiger partial charge on any atom is -0.472 e. The third-order valence-corrected chi connectivity index (χ3v) is 4.78. The Morgan fingerprint density at radius 1 is 1.05 bits per heavy atom. The van der Waals surface area contributed by atoms with Crippen LogP contribution in [0.2, 0.25) is 0 Å². The molecule has 110 valence electrons. The van der Waals surface area contributed by atoms with Gasteiger partial charge in [-0.25, -0.2) is 9.97 Å². The number of rotatable bonds is 3. The number of aromatic nitrogens is 2. The quantitative estimate of drug-likeness (QED) is 0.847. The van der Waals surface area contributed by atoms with Crippen molar-refractivity contribution in [3.8, 4) is 5.88 Å². The lowest BCUT2D eigenvalue weighted by atomic mass is 9.77. The minimum absolute atomic E-state index is 0.136. The molecule has 4 heteroatoms. The predicted molar refractivity (Wildman–Crippen MR) is 80.1 cm³/mol. The van der Waals surface area contributed by atoms with Crippen molar-refractivity contribution in [3.63, 3.8) is 0 Å². The normalized spacial score (nSPS) is 21.6. The summed E-state index contributed by atoms with van der Waals surface area (Å²) in [6.07, 6.45) is 11.9. The molecule has 2 fully saturated rings. The van der Waals surface area contributed by atoms with Crippen LogP contribution in [0.15, 0.2) is 12.4 Å². The maximum atomic E-state index is 5.80. The Morgan fingerprint density at radius 2 is 1.70 bits per heavy atom. The second-order valence-corrected chi connectivity index (χ2v) is 6.55. The summed E-state index contributed by atoms with van der Waals surface area (Å²) in [6.45, 7) is 6.24. The SMILES string of the molecule is CC(C)Oc1nccnc1N1CCC2(CCCC2)CC1. The van der Waals surface area contributed by atoms with E-state index in [9.17, 15) is 0 Å². The predicted octanol–water partition coefficient (Wildman–Crippen LogP) is 3.42. The van der Waals surface area contributed by atoms with Gasteiger partial charge in [0.1, 0.15) is 0 Å². The van der Waals surface area contributed by atoms with E-state index in [0.717, 1.165) is 18.9 Å². The van der Waals surface area contributed by atoms with E-state index in [2.05, 4.69) is 14.9 Å². The van der Waals surface area contributed by atoms with Gasteiger partial charge in [0.15, 0.2) is 5.82 Å². The fourth-order valence-corrected chi connectivity index (χ4v) is 3.66. The molecule has 1 aliphatic carbocycles. The lowest BCUT2D eigenvalue weighted by Gasteiger charge is -2.40. The van der Waals surface area contributed by atoms with E-state index in [1.165, 1.54) is 38.5 Å². The first-order chi connectivity index (χ1) is 9.69. The third-order valence-electron chi connectivity index (χ3n) is 4.78. The number of piperidine rings is 1. The zero-order chi connectivity index (χ0) is 14.0. The Balaban J connectivity index is 1.71. The van der Waals surface area contributed by atoms with E-state index in [1.54, 1.807) is 12.4 Å². The van der Waals surface area contributed by atoms with Gasteiger partial charge in [-0.15, -0.1) is 0 Å². The number of hydrogen-bond acceptors (Lipinski definition) is 4. The molecule has 2 aliphatic rings. The topological polar surface area (TPSA) is 38.3 Å². The highest BCUT2D eigenvalue weighted by Crippen LogP contribution is 2.46. The molecule has 3 rings (SSSR count). The second-order valence-electron chi connectivity index (χ2n) is 6.55. The first-order valence-electron chi connectivity index (χ1n) is 7.91. The van der Waals surface area contributed by atoms with Gasteiger partial charge in [0.2, 0.25) is 0 Å². The first kappa shape index (κ1) is 13.7. The summed E-state index contributed by atoms with van der Waals surface area (Å²) >= 11 is 0. The van der Waals surface area contributed by atoms with Crippen molar-refractivity contribution in [1.82, 2.24) is 9.97 Å². The van der Waals surface area contributed by atoms with Gasteiger partial charge < -0.3 is 9.64 Å². The van der Waals surface area contributed by atoms with E-state index in [0.29, 0.717) is 11.3 Å². The van der Waals surface area contributed by atoms with Crippen molar-refractivity contribution in [1.29, 1.82) is 0 Å². The van der Waals surface area contributed by atoms with Gasteiger partial charge in [0.05, 0.1) is 6.10 Å². The molecule has 0 N–H and O–H groups in total. The first-order valence-corrected chi connectivity index (χ1v) is 7.91. The molecule has 1 aromatic rings. The van der Waals surface area contributed by atoms with Crippen molar-refractivity contribution in [2.75, 3.05) is 18.0 Å². The molecule has 4 nitrogen and oxygen atoms in total. The molecule has 0 bridgehead atoms. The Hall–Kier alpha value is -1.32. The van der Waals surface area contributed by atoms with Crippen LogP contribution >= 0.6 is 0 Å². The standard InChI is InChI=1S/C16H25N3O/c1-13(2)20-15-14(17-9-10-18-15)19-11-7-16(8-12-19)5-3-4-6-16/h9-10,13H,3-8,11-12H2,1-2H3. The van der Waals surface area contributed by atoms with Crippen molar-refractivity contribution in [3.05, 3.63) is 12.4 Å². The zero-order valence-corrected chi connectivity index (χ0v) is 12.6. The van der Waals surface area contributed by atoms with Crippen LogP contribution in [0, 0.1) is 5.41 Å². The summed E-state index contributed by atoms with van der Waals surface area (Å²) in [6, 6.07) is 0. The molecule has 0 atom stereocenters. The van der Waals surface area contributed by atoms with Crippen LogP contribution in [0.4, 0.5) is 5.82 Å². The maximum absolute atomic E-state index is 5.80. The van der Waals surface area contributed by atoms with Gasteiger partial charge >= 0.3 is 0 Å². The zero-order valence-electron chi connectivity index (χ0n) is 12.6. The third kappa shape index (κ3) is 2.74. The van der Waals surface area contributed by atoms with Gasteiger partial charge in [0, 0.05) is 25.5 Å². The van der Waals surface area contributed by atoms with Gasteiger partial charge in [-0.05, 0) is 44.9 Å². The molecule has 1 spiro atoms. The van der Waals surface area contributed by atoms with Crippen molar-refractivity contribution < 1.29 is 4.74 Å². The molecule has 0 amide bonds.